The Labute approximate surface area is 131 Å². The number of rotatable bonds is 4. The number of para-hydroxylation sites is 2. The molecule has 0 saturated heterocycles. The molecular weight excluding hydrogens is 298 g/mol. The van der Waals surface area contributed by atoms with Crippen LogP contribution < -0.4 is 15.4 Å². The average molecular weight is 313 g/mol. The number of nitrogens with one attached hydrogen (secondary N) is 3. The lowest BCUT2D eigenvalue weighted by Crippen LogP contribution is -2.11. The van der Waals surface area contributed by atoms with E-state index in [-0.39, 0.29) is 5.95 Å². The minimum Gasteiger partial charge on any atom is -0.495 e. The Bertz CT molecular complexity index is 846. The van der Waals surface area contributed by atoms with Crippen molar-refractivity contribution in [2.24, 2.45) is 0 Å². The zero-order chi connectivity index (χ0) is 16.2. The van der Waals surface area contributed by atoms with E-state index in [9.17, 15) is 4.79 Å². The number of aromatic amines is 1. The van der Waals surface area contributed by atoms with E-state index in [4.69, 9.17) is 4.74 Å². The molecule has 0 aliphatic rings. The summed E-state index contributed by atoms with van der Waals surface area (Å²) in [5.74, 6) is 0.999. The molecule has 1 aromatic carbocycles. The third-order valence-corrected chi connectivity index (χ3v) is 3.13. The molecule has 0 aliphatic heterocycles. The zero-order valence-electron chi connectivity index (χ0n) is 12.6. The molecular formula is C15H15N5O3. The molecule has 0 saturated carbocycles. The summed E-state index contributed by atoms with van der Waals surface area (Å²) in [5.41, 5.74) is 2.75. The number of pyridine rings is 1. The Balaban J connectivity index is 1.86. The first kappa shape index (κ1) is 14.6. The lowest BCUT2D eigenvalue weighted by molar-refractivity contribution is 0.186. The fraction of sp³-hybridized carbons (Fsp3) is 0.133. The Morgan fingerprint density at radius 1 is 1.26 bits per heavy atom. The van der Waals surface area contributed by atoms with Gasteiger partial charge in [-0.3, -0.25) is 5.32 Å². The van der Waals surface area contributed by atoms with Crippen molar-refractivity contribution in [1.29, 1.82) is 0 Å². The molecule has 3 rings (SSSR count). The molecule has 0 unspecified atom stereocenters. The third-order valence-electron chi connectivity index (χ3n) is 3.13. The number of carbonyl (C=O) groups excluding carboxylic acids is 1. The highest BCUT2D eigenvalue weighted by Crippen LogP contribution is 2.27. The number of imidazole rings is 1. The Morgan fingerprint density at radius 2 is 2.09 bits per heavy atom. The van der Waals surface area contributed by atoms with Crippen LogP contribution in [0.4, 0.5) is 22.1 Å². The molecule has 0 radical (unpaired) electrons. The summed E-state index contributed by atoms with van der Waals surface area (Å²) in [6.45, 7) is 0. The van der Waals surface area contributed by atoms with Crippen LogP contribution in [0.5, 0.6) is 5.75 Å². The number of aromatic nitrogens is 3. The second-order valence-electron chi connectivity index (χ2n) is 4.62. The minimum atomic E-state index is -0.601. The van der Waals surface area contributed by atoms with Crippen LogP contribution in [-0.2, 0) is 4.74 Å². The van der Waals surface area contributed by atoms with Gasteiger partial charge in [-0.25, -0.2) is 9.78 Å². The number of hydrogen-bond acceptors (Lipinski definition) is 6. The molecule has 0 atom stereocenters. The van der Waals surface area contributed by atoms with Gasteiger partial charge in [0.2, 0.25) is 5.95 Å². The molecule has 1 amide bonds. The number of hydrogen-bond donors (Lipinski definition) is 3. The smallest absolute Gasteiger partial charge is 0.413 e. The maximum atomic E-state index is 11.2. The number of methoxy groups -OCH3 is 2. The highest BCUT2D eigenvalue weighted by Gasteiger charge is 2.09. The van der Waals surface area contributed by atoms with Gasteiger partial charge < -0.3 is 19.8 Å². The summed E-state index contributed by atoms with van der Waals surface area (Å²) >= 11 is 0. The molecule has 118 valence electrons. The second-order valence-corrected chi connectivity index (χ2v) is 4.62. The minimum absolute atomic E-state index is 0.272. The predicted molar refractivity (Wildman–Crippen MR) is 86.2 cm³/mol. The van der Waals surface area contributed by atoms with Crippen LogP contribution >= 0.6 is 0 Å². The van der Waals surface area contributed by atoms with Gasteiger partial charge >= 0.3 is 6.09 Å². The fourth-order valence-electron chi connectivity index (χ4n) is 2.08. The monoisotopic (exact) mass is 313 g/mol. The molecule has 0 aliphatic carbocycles. The zero-order valence-corrected chi connectivity index (χ0v) is 12.6. The number of H-pyrrole nitrogens is 1. The van der Waals surface area contributed by atoms with Gasteiger partial charge in [-0.1, -0.05) is 12.1 Å². The molecule has 2 aromatic heterocycles. The number of amides is 1. The van der Waals surface area contributed by atoms with E-state index in [1.54, 1.807) is 13.3 Å². The second kappa shape index (κ2) is 6.22. The van der Waals surface area contributed by atoms with Crippen LogP contribution in [0, 0.1) is 0 Å². The van der Waals surface area contributed by atoms with Crippen molar-refractivity contribution >= 4 is 34.6 Å². The van der Waals surface area contributed by atoms with E-state index in [2.05, 4.69) is 30.3 Å². The van der Waals surface area contributed by atoms with Crippen molar-refractivity contribution in [3.8, 4) is 5.75 Å². The average Bonchev–Trinajstić information content (AvgIpc) is 2.96. The van der Waals surface area contributed by atoms with Crippen molar-refractivity contribution in [2.75, 3.05) is 24.9 Å². The quantitative estimate of drug-likeness (QED) is 0.684. The van der Waals surface area contributed by atoms with Crippen molar-refractivity contribution in [1.82, 2.24) is 15.0 Å². The van der Waals surface area contributed by atoms with Gasteiger partial charge in [0.1, 0.15) is 5.75 Å². The highest BCUT2D eigenvalue weighted by molar-refractivity contribution is 5.86. The van der Waals surface area contributed by atoms with Gasteiger partial charge in [0.25, 0.3) is 0 Å². The number of carbonyl (C=O) groups is 1. The fourth-order valence-corrected chi connectivity index (χ4v) is 2.08. The lowest BCUT2D eigenvalue weighted by atomic mass is 10.2. The number of ether oxygens (including phenoxy) is 2. The summed E-state index contributed by atoms with van der Waals surface area (Å²) in [5, 5.41) is 5.69. The summed E-state index contributed by atoms with van der Waals surface area (Å²) in [4.78, 5) is 22.6. The Kier molecular flexibility index (Phi) is 3.96. The van der Waals surface area contributed by atoms with E-state index >= 15 is 0 Å². The number of benzene rings is 1. The van der Waals surface area contributed by atoms with Crippen LogP contribution in [0.3, 0.4) is 0 Å². The SMILES string of the molecule is COC(=O)Nc1nc2ncc(Nc3ccccc3OC)cc2[nH]1. The summed E-state index contributed by atoms with van der Waals surface area (Å²) in [6, 6.07) is 9.41. The molecule has 2 heterocycles. The largest absolute Gasteiger partial charge is 0.495 e. The molecule has 8 heteroatoms. The van der Waals surface area contributed by atoms with E-state index in [0.717, 1.165) is 17.1 Å². The van der Waals surface area contributed by atoms with Crippen LogP contribution in [-0.4, -0.2) is 35.3 Å². The van der Waals surface area contributed by atoms with E-state index in [1.165, 1.54) is 7.11 Å². The predicted octanol–water partition coefficient (Wildman–Crippen LogP) is 2.89. The first-order valence-electron chi connectivity index (χ1n) is 6.80. The van der Waals surface area contributed by atoms with Crippen molar-refractivity contribution in [3.05, 3.63) is 36.5 Å². The van der Waals surface area contributed by atoms with Crippen molar-refractivity contribution in [2.45, 2.75) is 0 Å². The van der Waals surface area contributed by atoms with Crippen LogP contribution in [0.15, 0.2) is 36.5 Å². The van der Waals surface area contributed by atoms with Gasteiger partial charge in [-0.05, 0) is 18.2 Å². The summed E-state index contributed by atoms with van der Waals surface area (Å²) < 4.78 is 9.82. The van der Waals surface area contributed by atoms with Gasteiger partial charge in [0.05, 0.1) is 37.3 Å². The molecule has 8 nitrogen and oxygen atoms in total. The summed E-state index contributed by atoms with van der Waals surface area (Å²) in [7, 11) is 2.90. The van der Waals surface area contributed by atoms with E-state index in [1.807, 2.05) is 30.3 Å². The van der Waals surface area contributed by atoms with Gasteiger partial charge in [-0.15, -0.1) is 0 Å². The van der Waals surface area contributed by atoms with Gasteiger partial charge in [0.15, 0.2) is 5.65 Å². The van der Waals surface area contributed by atoms with E-state index < -0.39 is 6.09 Å². The molecule has 3 N–H and O–H groups in total. The van der Waals surface area contributed by atoms with Gasteiger partial charge in [-0.2, -0.15) is 4.98 Å². The third kappa shape index (κ3) is 3.15. The topological polar surface area (TPSA) is 101 Å². The summed E-state index contributed by atoms with van der Waals surface area (Å²) in [6.07, 6.45) is 1.05. The Morgan fingerprint density at radius 3 is 2.87 bits per heavy atom. The Hall–Kier alpha value is -3.29. The molecule has 23 heavy (non-hydrogen) atoms. The van der Waals surface area contributed by atoms with Crippen LogP contribution in [0.25, 0.3) is 11.2 Å². The lowest BCUT2D eigenvalue weighted by Gasteiger charge is -2.10. The first-order chi connectivity index (χ1) is 11.2. The number of nitrogens with zero attached hydrogens (tertiary/aromatic N) is 2. The van der Waals surface area contributed by atoms with Crippen LogP contribution in [0.2, 0.25) is 0 Å². The molecule has 0 bridgehead atoms. The molecule has 3 aromatic rings. The maximum absolute atomic E-state index is 11.2. The molecule has 0 spiro atoms. The maximum Gasteiger partial charge on any atom is 0.413 e. The number of fused-ring (bicyclic) bond motifs is 1. The normalized spacial score (nSPS) is 10.3. The van der Waals surface area contributed by atoms with Crippen molar-refractivity contribution in [3.63, 3.8) is 0 Å². The number of anilines is 3. The highest BCUT2D eigenvalue weighted by atomic mass is 16.5. The van der Waals surface area contributed by atoms with Crippen molar-refractivity contribution < 1.29 is 14.3 Å². The van der Waals surface area contributed by atoms with Crippen LogP contribution in [0.1, 0.15) is 0 Å². The van der Waals surface area contributed by atoms with Gasteiger partial charge in [0, 0.05) is 0 Å². The first-order valence-corrected chi connectivity index (χ1v) is 6.80. The molecule has 0 fully saturated rings. The van der Waals surface area contributed by atoms with E-state index in [0.29, 0.717) is 11.2 Å². The standard InChI is InChI=1S/C15H15N5O3/c1-22-12-6-4-3-5-10(12)17-9-7-11-13(16-8-9)19-14(18-11)20-15(21)23-2/h3-8,17H,1-2H3,(H2,16,18,19,20,21).